The molecule has 2 aromatic rings. The summed E-state index contributed by atoms with van der Waals surface area (Å²) in [6, 6.07) is 1.61. The van der Waals surface area contributed by atoms with E-state index in [9.17, 15) is 26.4 Å². The molecule has 0 aromatic carbocycles. The van der Waals surface area contributed by atoms with Gasteiger partial charge in [-0.2, -0.15) is 0 Å². The van der Waals surface area contributed by atoms with Crippen LogP contribution in [0.5, 0.6) is 0 Å². The zero-order valence-electron chi connectivity index (χ0n) is 27.0. The second-order valence-corrected chi connectivity index (χ2v) is 19.4. The van der Waals surface area contributed by atoms with Gasteiger partial charge in [-0.25, -0.2) is 21.8 Å². The summed E-state index contributed by atoms with van der Waals surface area (Å²) in [5, 5.41) is 11.2. The third-order valence-electron chi connectivity index (χ3n) is 6.58. The summed E-state index contributed by atoms with van der Waals surface area (Å²) in [5.74, 6) is -0.329. The van der Waals surface area contributed by atoms with Gasteiger partial charge in [0.15, 0.2) is 30.6 Å². The number of thiazole rings is 1. The smallest absolute Gasteiger partial charge is 0.247 e. The monoisotopic (exact) mass is 648 g/mol. The molecule has 2 N–H and O–H groups in total. The second kappa shape index (κ2) is 13.5. The third kappa shape index (κ3) is 9.34. The van der Waals surface area contributed by atoms with Gasteiger partial charge in [-0.1, -0.05) is 60.5 Å². The van der Waals surface area contributed by atoms with Crippen LogP contribution in [-0.2, 0) is 40.1 Å². The van der Waals surface area contributed by atoms with Crippen molar-refractivity contribution in [1.29, 1.82) is 0 Å². The van der Waals surface area contributed by atoms with Crippen molar-refractivity contribution < 1.29 is 30.9 Å². The van der Waals surface area contributed by atoms with Crippen molar-refractivity contribution in [1.82, 2.24) is 10.1 Å². The maximum Gasteiger partial charge on any atom is 0.247 e. The lowest BCUT2D eigenvalue weighted by Crippen LogP contribution is -2.45. The van der Waals surface area contributed by atoms with Crippen LogP contribution in [0.25, 0.3) is 0 Å². The van der Waals surface area contributed by atoms with Crippen LogP contribution >= 0.6 is 11.3 Å². The Morgan fingerprint density at radius 3 is 1.60 bits per heavy atom. The Bertz CT molecular complexity index is 1330. The first-order chi connectivity index (χ1) is 18.8. The minimum Gasteiger partial charge on any atom is -0.359 e. The lowest BCUT2D eigenvalue weighted by Gasteiger charge is -2.22. The fourth-order valence-corrected chi connectivity index (χ4v) is 6.90. The highest BCUT2D eigenvalue weighted by molar-refractivity contribution is 7.93. The van der Waals surface area contributed by atoms with Gasteiger partial charge in [0.1, 0.15) is 15.3 Å². The summed E-state index contributed by atoms with van der Waals surface area (Å²) in [7, 11) is -7.01. The third-order valence-corrected chi connectivity index (χ3v) is 12.7. The number of nitrogens with zero attached hydrogens (tertiary/aromatic N) is 2. The second-order valence-electron chi connectivity index (χ2n) is 13.2. The predicted molar refractivity (Wildman–Crippen MR) is 170 cm³/mol. The van der Waals surface area contributed by atoms with E-state index in [0.29, 0.717) is 23.7 Å². The molecule has 2 heterocycles. The van der Waals surface area contributed by atoms with Crippen molar-refractivity contribution >= 4 is 53.8 Å². The molecule has 0 spiro atoms. The van der Waals surface area contributed by atoms with E-state index >= 15 is 0 Å². The molecule has 2 aromatic heterocycles. The van der Waals surface area contributed by atoms with Crippen LogP contribution in [0.2, 0.25) is 0 Å². The van der Waals surface area contributed by atoms with Crippen LogP contribution in [0.15, 0.2) is 16.0 Å². The van der Waals surface area contributed by atoms with Gasteiger partial charge in [0.2, 0.25) is 11.8 Å². The molecule has 0 radical (unpaired) electrons. The molecule has 14 heteroatoms. The summed E-state index contributed by atoms with van der Waals surface area (Å²) in [4.78, 5) is 28.9. The van der Waals surface area contributed by atoms with Gasteiger partial charge in [-0.15, -0.1) is 11.3 Å². The number of nitrogens with one attached hydrogen (secondary N) is 2. The lowest BCUT2D eigenvalue weighted by atomic mass is 9.93. The number of carbonyl (C=O) groups excluding carboxylic acids is 2. The molecule has 240 valence electrons. The number of amides is 2. The van der Waals surface area contributed by atoms with Gasteiger partial charge in [0.25, 0.3) is 0 Å². The normalized spacial score (nSPS) is 13.2. The van der Waals surface area contributed by atoms with Crippen LogP contribution in [0.4, 0.5) is 10.9 Å². The van der Waals surface area contributed by atoms with E-state index in [1.807, 2.05) is 46.9 Å². The summed E-state index contributed by atoms with van der Waals surface area (Å²) < 4.78 is 50.8. The number of hydrogen-bond donors (Lipinski definition) is 2. The Morgan fingerprint density at radius 1 is 0.786 bits per heavy atom. The molecule has 0 aliphatic heterocycles. The molecule has 42 heavy (non-hydrogen) atoms. The van der Waals surface area contributed by atoms with Crippen LogP contribution in [0.1, 0.15) is 107 Å². The van der Waals surface area contributed by atoms with E-state index in [1.54, 1.807) is 19.9 Å². The zero-order valence-corrected chi connectivity index (χ0v) is 29.4. The molecule has 11 nitrogen and oxygen atoms in total. The van der Waals surface area contributed by atoms with Crippen molar-refractivity contribution in [3.63, 3.8) is 0 Å². The van der Waals surface area contributed by atoms with Gasteiger partial charge < -0.3 is 15.2 Å². The number of rotatable bonds is 10. The van der Waals surface area contributed by atoms with Crippen LogP contribution in [0, 0.1) is 0 Å². The SMILES string of the molecule is CCCS(=O)(=O)C(C)(C)C(=O)Nc1cc(C(C)(C)C)on1.CCCS(=O)(=O)C(C)(C)C(=O)Nc1nc(C(C)(C)C)cs1. The molecule has 2 rings (SSSR count). The fraction of sp³-hybridized carbons (Fsp3) is 0.714. The first-order valence-electron chi connectivity index (χ1n) is 13.8. The fourth-order valence-electron chi connectivity index (χ4n) is 3.21. The van der Waals surface area contributed by atoms with Gasteiger partial charge >= 0.3 is 0 Å². The first-order valence-corrected chi connectivity index (χ1v) is 18.0. The topological polar surface area (TPSA) is 165 Å². The lowest BCUT2D eigenvalue weighted by molar-refractivity contribution is -0.118. The quantitative estimate of drug-likeness (QED) is 0.338. The molecular formula is C28H48N4O7S3. The molecular weight excluding hydrogens is 601 g/mol. The minimum absolute atomic E-state index is 0.00146. The molecule has 0 aliphatic rings. The molecule has 0 bridgehead atoms. The van der Waals surface area contributed by atoms with Gasteiger partial charge in [-0.3, -0.25) is 9.59 Å². The maximum absolute atomic E-state index is 12.3. The highest BCUT2D eigenvalue weighted by atomic mass is 32.2. The van der Waals surface area contributed by atoms with Crippen molar-refractivity contribution in [3.05, 3.63) is 22.9 Å². The molecule has 0 saturated carbocycles. The van der Waals surface area contributed by atoms with E-state index in [0.717, 1.165) is 5.69 Å². The summed E-state index contributed by atoms with van der Waals surface area (Å²) in [6.07, 6.45) is 0.960. The molecule has 0 unspecified atom stereocenters. The van der Waals surface area contributed by atoms with Gasteiger partial charge in [-0.05, 0) is 40.5 Å². The zero-order chi connectivity index (χ0) is 32.9. The molecule has 0 saturated heterocycles. The maximum atomic E-state index is 12.3. The number of hydrogen-bond acceptors (Lipinski definition) is 10. The molecule has 2 amide bonds. The van der Waals surface area contributed by atoms with Crippen LogP contribution < -0.4 is 10.6 Å². The highest BCUT2D eigenvalue weighted by Gasteiger charge is 2.42. The van der Waals surface area contributed by atoms with E-state index < -0.39 is 41.0 Å². The Balaban J connectivity index is 0.000000420. The first kappa shape index (κ1) is 37.7. The Labute approximate surface area is 255 Å². The van der Waals surface area contributed by atoms with Crippen LogP contribution in [-0.4, -0.2) is 59.8 Å². The summed E-state index contributed by atoms with van der Waals surface area (Å²) in [5.41, 5.74) is 0.528. The largest absolute Gasteiger partial charge is 0.359 e. The van der Waals surface area contributed by atoms with E-state index in [2.05, 4.69) is 20.8 Å². The van der Waals surface area contributed by atoms with E-state index in [-0.39, 0.29) is 28.2 Å². The van der Waals surface area contributed by atoms with Crippen molar-refractivity contribution in [3.8, 4) is 0 Å². The number of sulfone groups is 2. The van der Waals surface area contributed by atoms with Gasteiger partial charge in [0, 0.05) is 22.3 Å². The molecule has 0 aliphatic carbocycles. The molecule has 0 fully saturated rings. The minimum atomic E-state index is -3.52. The standard InChI is InChI=1S/C14H24N2O4S.C14H24N2O3S2/c1-7-8-21(18,19)14(5,6)12(17)15-11-9-10(20-16-11)13(2,3)4;1-7-8-21(18,19)14(5,6)11(17)16-12-15-10(9-20-12)13(2,3)4/h2*9H,7-8H2,1-6H3,(H,15,16,17). The summed E-state index contributed by atoms with van der Waals surface area (Å²) in [6.45, 7) is 21.2. The van der Waals surface area contributed by atoms with Crippen molar-refractivity contribution in [2.45, 2.75) is 116 Å². The summed E-state index contributed by atoms with van der Waals surface area (Å²) >= 11 is 1.31. The number of anilines is 2. The highest BCUT2D eigenvalue weighted by Crippen LogP contribution is 2.28. The van der Waals surface area contributed by atoms with Crippen LogP contribution in [0.3, 0.4) is 0 Å². The van der Waals surface area contributed by atoms with Crippen molar-refractivity contribution in [2.24, 2.45) is 0 Å². The molecule has 0 atom stereocenters. The Morgan fingerprint density at radius 2 is 1.24 bits per heavy atom. The van der Waals surface area contributed by atoms with E-state index in [1.165, 1.54) is 39.0 Å². The predicted octanol–water partition coefficient (Wildman–Crippen LogP) is 5.50. The Kier molecular flexibility index (Phi) is 12.2. The Hall–Kier alpha value is -2.32. The average molecular weight is 649 g/mol. The van der Waals surface area contributed by atoms with Crippen molar-refractivity contribution in [2.75, 3.05) is 22.1 Å². The van der Waals surface area contributed by atoms with E-state index in [4.69, 9.17) is 4.52 Å². The van der Waals surface area contributed by atoms with Gasteiger partial charge in [0.05, 0.1) is 17.2 Å². The number of carbonyl (C=O) groups is 2. The average Bonchev–Trinajstić information content (AvgIpc) is 3.49. The number of aromatic nitrogens is 2.